The van der Waals surface area contributed by atoms with E-state index in [-0.39, 0.29) is 31.1 Å². The fraction of sp³-hybridized carbons (Fsp3) is 0.696. The van der Waals surface area contributed by atoms with Crippen molar-refractivity contribution in [2.75, 3.05) is 13.2 Å². The van der Waals surface area contributed by atoms with Crippen LogP contribution in [0.5, 0.6) is 0 Å². The summed E-state index contributed by atoms with van der Waals surface area (Å²) in [6.07, 6.45) is 64.6. The Labute approximate surface area is 382 Å². The Morgan fingerprint density at radius 3 is 1.00 bits per heavy atom. The van der Waals surface area contributed by atoms with Crippen molar-refractivity contribution in [1.29, 1.82) is 0 Å². The minimum atomic E-state index is -0.784. The van der Waals surface area contributed by atoms with Gasteiger partial charge in [0.2, 0.25) is 0 Å². The lowest BCUT2D eigenvalue weighted by Crippen LogP contribution is -2.30. The molecular formula is C56H94O6. The number of unbranched alkanes of at least 4 members (excludes halogenated alkanes) is 20. The van der Waals surface area contributed by atoms with Crippen LogP contribution >= 0.6 is 0 Å². The third-order valence-electron chi connectivity index (χ3n) is 10.6. The van der Waals surface area contributed by atoms with Crippen LogP contribution in [0, 0.1) is 0 Å². The fourth-order valence-corrected chi connectivity index (χ4v) is 6.79. The maximum absolute atomic E-state index is 12.7. The molecule has 0 spiro atoms. The van der Waals surface area contributed by atoms with E-state index in [1.54, 1.807) is 0 Å². The van der Waals surface area contributed by atoms with Crippen molar-refractivity contribution < 1.29 is 28.6 Å². The van der Waals surface area contributed by atoms with Gasteiger partial charge in [0.25, 0.3) is 0 Å². The minimum absolute atomic E-state index is 0.0871. The maximum atomic E-state index is 12.7. The smallest absolute Gasteiger partial charge is 0.306 e. The van der Waals surface area contributed by atoms with E-state index in [1.165, 1.54) is 64.2 Å². The fourth-order valence-electron chi connectivity index (χ4n) is 6.79. The Bertz CT molecular complexity index is 1220. The monoisotopic (exact) mass is 863 g/mol. The van der Waals surface area contributed by atoms with E-state index < -0.39 is 6.10 Å². The molecule has 0 aliphatic rings. The molecule has 0 amide bonds. The van der Waals surface area contributed by atoms with E-state index in [0.717, 1.165) is 128 Å². The van der Waals surface area contributed by atoms with E-state index in [9.17, 15) is 14.4 Å². The van der Waals surface area contributed by atoms with E-state index >= 15 is 0 Å². The highest BCUT2D eigenvalue weighted by molar-refractivity contribution is 5.71. The third kappa shape index (κ3) is 47.6. The Morgan fingerprint density at radius 2 is 0.629 bits per heavy atom. The third-order valence-corrected chi connectivity index (χ3v) is 10.6. The zero-order valence-electron chi connectivity index (χ0n) is 40.4. The van der Waals surface area contributed by atoms with Gasteiger partial charge in [-0.3, -0.25) is 14.4 Å². The van der Waals surface area contributed by atoms with Crippen LogP contribution in [-0.4, -0.2) is 37.2 Å². The van der Waals surface area contributed by atoms with Crippen molar-refractivity contribution in [2.24, 2.45) is 0 Å². The van der Waals surface area contributed by atoms with Crippen LogP contribution < -0.4 is 0 Å². The molecular weight excluding hydrogens is 769 g/mol. The quantitative estimate of drug-likeness (QED) is 0.0263. The molecule has 0 aliphatic heterocycles. The number of carbonyl (C=O) groups excluding carboxylic acids is 3. The first-order chi connectivity index (χ1) is 30.5. The second-order valence-electron chi connectivity index (χ2n) is 16.7. The van der Waals surface area contributed by atoms with Gasteiger partial charge in [0.15, 0.2) is 6.10 Å². The molecule has 0 rings (SSSR count). The Kier molecular flexibility index (Phi) is 47.5. The molecule has 0 aromatic rings. The van der Waals surface area contributed by atoms with Gasteiger partial charge in [-0.1, -0.05) is 202 Å². The molecule has 62 heavy (non-hydrogen) atoms. The van der Waals surface area contributed by atoms with Crippen molar-refractivity contribution in [1.82, 2.24) is 0 Å². The molecule has 0 aromatic heterocycles. The Balaban J connectivity index is 4.20. The number of rotatable bonds is 45. The number of carbonyl (C=O) groups is 3. The van der Waals surface area contributed by atoms with E-state index in [2.05, 4.69) is 106 Å². The molecule has 0 radical (unpaired) electrons. The normalized spacial score (nSPS) is 12.8. The van der Waals surface area contributed by atoms with Gasteiger partial charge in [-0.2, -0.15) is 0 Å². The molecule has 1 unspecified atom stereocenters. The molecule has 0 aliphatic carbocycles. The van der Waals surface area contributed by atoms with Crippen LogP contribution in [0.2, 0.25) is 0 Å². The van der Waals surface area contributed by atoms with Gasteiger partial charge in [-0.15, -0.1) is 0 Å². The summed E-state index contributed by atoms with van der Waals surface area (Å²) in [5, 5.41) is 0. The molecule has 6 heteroatoms. The summed E-state index contributed by atoms with van der Waals surface area (Å²) < 4.78 is 16.6. The predicted octanol–water partition coefficient (Wildman–Crippen LogP) is 16.8. The topological polar surface area (TPSA) is 78.9 Å². The first-order valence-electron chi connectivity index (χ1n) is 25.6. The second kappa shape index (κ2) is 50.2. The number of esters is 3. The molecule has 354 valence electrons. The average Bonchev–Trinajstić information content (AvgIpc) is 3.27. The van der Waals surface area contributed by atoms with Crippen molar-refractivity contribution in [2.45, 2.75) is 239 Å². The van der Waals surface area contributed by atoms with Crippen LogP contribution in [0.4, 0.5) is 0 Å². The summed E-state index contributed by atoms with van der Waals surface area (Å²) in [5.41, 5.74) is 0. The highest BCUT2D eigenvalue weighted by Gasteiger charge is 2.19. The maximum Gasteiger partial charge on any atom is 0.306 e. The molecule has 0 N–H and O–H groups in total. The lowest BCUT2D eigenvalue weighted by atomic mass is 10.1. The number of hydrogen-bond donors (Lipinski definition) is 0. The standard InChI is InChI=1S/C56H94O6/c1-4-7-10-13-15-17-19-21-23-25-26-27-28-29-30-31-33-34-36-38-40-43-46-49-55(58)61-52-53(51-60-54(57)48-45-42-12-9-6-3)62-56(59)50-47-44-41-39-37-35-32-24-22-20-18-16-14-11-8-5-2/h7,10,15,17-18,20-21,23-24,26-27,29-30,32,53H,4-6,8-9,11-14,16,19,22,25,28,31,33-52H2,1-3H3/b10-7-,17-15-,20-18-,23-21-,27-26-,30-29-,32-24-. The van der Waals surface area contributed by atoms with Crippen LogP contribution in [0.3, 0.4) is 0 Å². The molecule has 0 saturated heterocycles. The molecule has 0 saturated carbocycles. The van der Waals surface area contributed by atoms with Crippen LogP contribution in [-0.2, 0) is 28.6 Å². The van der Waals surface area contributed by atoms with Crippen LogP contribution in [0.25, 0.3) is 0 Å². The summed E-state index contributed by atoms with van der Waals surface area (Å²) in [7, 11) is 0. The molecule has 1 atom stereocenters. The minimum Gasteiger partial charge on any atom is -0.462 e. The molecule has 6 nitrogen and oxygen atoms in total. The zero-order chi connectivity index (χ0) is 45.1. The van der Waals surface area contributed by atoms with Gasteiger partial charge >= 0.3 is 17.9 Å². The van der Waals surface area contributed by atoms with Crippen molar-refractivity contribution in [3.63, 3.8) is 0 Å². The Morgan fingerprint density at radius 1 is 0.339 bits per heavy atom. The van der Waals surface area contributed by atoms with Gasteiger partial charge in [0, 0.05) is 19.3 Å². The molecule has 0 aromatic carbocycles. The Hall–Kier alpha value is -3.41. The summed E-state index contributed by atoms with van der Waals surface area (Å²) >= 11 is 0. The number of allylic oxidation sites excluding steroid dienone is 14. The van der Waals surface area contributed by atoms with Gasteiger partial charge in [-0.05, 0) is 96.3 Å². The molecule has 0 fully saturated rings. The SMILES string of the molecule is CC/C=C\C/C=C\C/C=C\C/C=C\C/C=C\CCCCCCCCCC(=O)OCC(COC(=O)CCCCCCC)OC(=O)CCCCCCC/C=C\C/C=C\CCCCCC. The van der Waals surface area contributed by atoms with Crippen molar-refractivity contribution in [3.05, 3.63) is 85.1 Å². The van der Waals surface area contributed by atoms with Crippen LogP contribution in [0.1, 0.15) is 233 Å². The van der Waals surface area contributed by atoms with Gasteiger partial charge < -0.3 is 14.2 Å². The second-order valence-corrected chi connectivity index (χ2v) is 16.7. The van der Waals surface area contributed by atoms with E-state index in [4.69, 9.17) is 14.2 Å². The zero-order valence-corrected chi connectivity index (χ0v) is 40.4. The van der Waals surface area contributed by atoms with E-state index in [0.29, 0.717) is 19.3 Å². The van der Waals surface area contributed by atoms with Gasteiger partial charge in [0.05, 0.1) is 0 Å². The largest absolute Gasteiger partial charge is 0.462 e. The lowest BCUT2D eigenvalue weighted by molar-refractivity contribution is -0.167. The highest BCUT2D eigenvalue weighted by atomic mass is 16.6. The first-order valence-corrected chi connectivity index (χ1v) is 25.6. The summed E-state index contributed by atoms with van der Waals surface area (Å²) in [6, 6.07) is 0. The molecule has 0 heterocycles. The van der Waals surface area contributed by atoms with Gasteiger partial charge in [-0.25, -0.2) is 0 Å². The van der Waals surface area contributed by atoms with Crippen molar-refractivity contribution in [3.8, 4) is 0 Å². The number of hydrogen-bond acceptors (Lipinski definition) is 6. The van der Waals surface area contributed by atoms with Crippen LogP contribution in [0.15, 0.2) is 85.1 Å². The highest BCUT2D eigenvalue weighted by Crippen LogP contribution is 2.13. The summed E-state index contributed by atoms with van der Waals surface area (Å²) in [5.74, 6) is -0.928. The molecule has 0 bridgehead atoms. The first kappa shape index (κ1) is 58.6. The van der Waals surface area contributed by atoms with E-state index in [1.807, 2.05) is 0 Å². The predicted molar refractivity (Wildman–Crippen MR) is 265 cm³/mol. The lowest BCUT2D eigenvalue weighted by Gasteiger charge is -2.18. The summed E-state index contributed by atoms with van der Waals surface area (Å²) in [4.78, 5) is 37.7. The van der Waals surface area contributed by atoms with Gasteiger partial charge in [0.1, 0.15) is 13.2 Å². The average molecular weight is 863 g/mol. The number of ether oxygens (including phenoxy) is 3. The van der Waals surface area contributed by atoms with Crippen molar-refractivity contribution >= 4 is 17.9 Å². The summed E-state index contributed by atoms with van der Waals surface area (Å²) in [6.45, 7) is 6.39.